The smallest absolute Gasteiger partial charge is 0.271 e. The summed E-state index contributed by atoms with van der Waals surface area (Å²) in [6.45, 7) is 8.01. The van der Waals surface area contributed by atoms with Crippen molar-refractivity contribution < 1.29 is 4.79 Å². The van der Waals surface area contributed by atoms with Gasteiger partial charge in [-0.2, -0.15) is 0 Å². The van der Waals surface area contributed by atoms with Gasteiger partial charge in [-0.15, -0.1) is 17.9 Å². The van der Waals surface area contributed by atoms with E-state index in [0.29, 0.717) is 12.1 Å². The van der Waals surface area contributed by atoms with Crippen LogP contribution in [-0.4, -0.2) is 22.6 Å². The number of hydrogen-bond acceptors (Lipinski definition) is 3. The van der Waals surface area contributed by atoms with Crippen LogP contribution in [-0.2, 0) is 6.42 Å². The molecule has 1 aromatic rings. The van der Waals surface area contributed by atoms with Crippen LogP contribution in [0.25, 0.3) is 0 Å². The SMILES string of the molecule is C=CCN(NC(=O)c1csc(C)c1CC)C(N)=S. The molecule has 0 saturated carbocycles. The van der Waals surface area contributed by atoms with Gasteiger partial charge >= 0.3 is 0 Å². The number of amides is 1. The molecule has 98 valence electrons. The largest absolute Gasteiger partial charge is 0.375 e. The van der Waals surface area contributed by atoms with Crippen molar-refractivity contribution in [1.82, 2.24) is 10.4 Å². The summed E-state index contributed by atoms with van der Waals surface area (Å²) in [6, 6.07) is 0. The molecule has 0 radical (unpaired) electrons. The summed E-state index contributed by atoms with van der Waals surface area (Å²) in [5.41, 5.74) is 9.96. The standard InChI is InChI=1S/C12H17N3OS2/c1-4-6-15(12(13)17)14-11(16)10-7-18-8(3)9(10)5-2/h4,7H,1,5-6H2,2-3H3,(H2,13,17)(H,14,16). The fourth-order valence-electron chi connectivity index (χ4n) is 1.61. The Morgan fingerprint density at radius 3 is 2.89 bits per heavy atom. The van der Waals surface area contributed by atoms with Crippen LogP contribution < -0.4 is 11.2 Å². The Balaban J connectivity index is 2.86. The predicted molar refractivity (Wildman–Crippen MR) is 79.6 cm³/mol. The van der Waals surface area contributed by atoms with E-state index in [1.54, 1.807) is 17.4 Å². The summed E-state index contributed by atoms with van der Waals surface area (Å²) in [5.74, 6) is -0.189. The summed E-state index contributed by atoms with van der Waals surface area (Å²) in [6.07, 6.45) is 2.45. The van der Waals surface area contributed by atoms with E-state index in [1.807, 2.05) is 19.2 Å². The topological polar surface area (TPSA) is 58.4 Å². The molecule has 0 atom stereocenters. The molecule has 1 aromatic heterocycles. The third-order valence-corrected chi connectivity index (χ3v) is 3.69. The minimum absolute atomic E-state index is 0.119. The average Bonchev–Trinajstić information content (AvgIpc) is 2.69. The van der Waals surface area contributed by atoms with E-state index in [1.165, 1.54) is 5.01 Å². The highest BCUT2D eigenvalue weighted by Gasteiger charge is 2.16. The number of hydrazine groups is 1. The molecule has 0 aliphatic heterocycles. The molecule has 6 heteroatoms. The van der Waals surface area contributed by atoms with Gasteiger partial charge in [-0.1, -0.05) is 13.0 Å². The van der Waals surface area contributed by atoms with Crippen LogP contribution in [0.15, 0.2) is 18.0 Å². The summed E-state index contributed by atoms with van der Waals surface area (Å²) >= 11 is 6.43. The number of hydrogen-bond donors (Lipinski definition) is 2. The zero-order chi connectivity index (χ0) is 13.7. The molecular formula is C12H17N3OS2. The van der Waals surface area contributed by atoms with Crippen molar-refractivity contribution in [3.63, 3.8) is 0 Å². The van der Waals surface area contributed by atoms with Crippen LogP contribution in [0.2, 0.25) is 0 Å². The van der Waals surface area contributed by atoms with E-state index >= 15 is 0 Å². The van der Waals surface area contributed by atoms with Crippen molar-refractivity contribution in [2.24, 2.45) is 5.73 Å². The van der Waals surface area contributed by atoms with Crippen LogP contribution >= 0.6 is 23.6 Å². The molecule has 0 fully saturated rings. The molecule has 0 spiro atoms. The molecule has 1 rings (SSSR count). The number of nitrogens with one attached hydrogen (secondary N) is 1. The van der Waals surface area contributed by atoms with Crippen LogP contribution in [0.3, 0.4) is 0 Å². The monoisotopic (exact) mass is 283 g/mol. The quantitative estimate of drug-likeness (QED) is 0.504. The van der Waals surface area contributed by atoms with Crippen molar-refractivity contribution in [3.8, 4) is 0 Å². The third-order valence-electron chi connectivity index (χ3n) is 2.52. The van der Waals surface area contributed by atoms with E-state index in [2.05, 4.69) is 12.0 Å². The van der Waals surface area contributed by atoms with Gasteiger partial charge in [0.05, 0.1) is 12.1 Å². The maximum atomic E-state index is 12.1. The molecule has 0 aromatic carbocycles. The fourth-order valence-corrected chi connectivity index (χ4v) is 2.67. The molecule has 0 unspecified atom stereocenters. The van der Waals surface area contributed by atoms with Gasteiger partial charge in [-0.05, 0) is 31.1 Å². The van der Waals surface area contributed by atoms with Gasteiger partial charge in [0, 0.05) is 10.3 Å². The summed E-state index contributed by atoms with van der Waals surface area (Å²) in [7, 11) is 0. The van der Waals surface area contributed by atoms with E-state index < -0.39 is 0 Å². The van der Waals surface area contributed by atoms with Crippen molar-refractivity contribution in [2.45, 2.75) is 20.3 Å². The molecular weight excluding hydrogens is 266 g/mol. The highest BCUT2D eigenvalue weighted by Crippen LogP contribution is 2.22. The second kappa shape index (κ2) is 6.51. The maximum Gasteiger partial charge on any atom is 0.271 e. The number of rotatable bonds is 4. The molecule has 0 aliphatic carbocycles. The minimum Gasteiger partial charge on any atom is -0.375 e. The average molecular weight is 283 g/mol. The lowest BCUT2D eigenvalue weighted by Gasteiger charge is -2.21. The van der Waals surface area contributed by atoms with Crippen LogP contribution in [0, 0.1) is 6.92 Å². The number of nitrogens with zero attached hydrogens (tertiary/aromatic N) is 1. The number of thiocarbonyl (C=S) groups is 1. The maximum absolute atomic E-state index is 12.1. The van der Waals surface area contributed by atoms with Crippen LogP contribution in [0.4, 0.5) is 0 Å². The number of thiophene rings is 1. The molecule has 1 heterocycles. The second-order valence-electron chi connectivity index (χ2n) is 3.72. The number of carbonyl (C=O) groups is 1. The fraction of sp³-hybridized carbons (Fsp3) is 0.333. The number of aryl methyl sites for hydroxylation is 1. The minimum atomic E-state index is -0.189. The van der Waals surface area contributed by atoms with E-state index in [4.69, 9.17) is 18.0 Å². The van der Waals surface area contributed by atoms with Gasteiger partial charge in [0.15, 0.2) is 5.11 Å². The lowest BCUT2D eigenvalue weighted by atomic mass is 10.1. The molecule has 0 aliphatic rings. The summed E-state index contributed by atoms with van der Waals surface area (Å²) in [5, 5.41) is 3.37. The number of carbonyl (C=O) groups excluding carboxylic acids is 1. The molecule has 0 bridgehead atoms. The van der Waals surface area contributed by atoms with Crippen LogP contribution in [0.1, 0.15) is 27.7 Å². The van der Waals surface area contributed by atoms with Gasteiger partial charge in [-0.3, -0.25) is 15.2 Å². The van der Waals surface area contributed by atoms with E-state index in [-0.39, 0.29) is 11.0 Å². The van der Waals surface area contributed by atoms with E-state index in [9.17, 15) is 4.79 Å². The predicted octanol–water partition coefficient (Wildman–Crippen LogP) is 2.00. The molecule has 3 N–H and O–H groups in total. The highest BCUT2D eigenvalue weighted by atomic mass is 32.1. The lowest BCUT2D eigenvalue weighted by molar-refractivity contribution is 0.0878. The Morgan fingerprint density at radius 2 is 2.39 bits per heavy atom. The summed E-state index contributed by atoms with van der Waals surface area (Å²) in [4.78, 5) is 13.3. The Hall–Kier alpha value is -1.40. The second-order valence-corrected chi connectivity index (χ2v) is 5.22. The Morgan fingerprint density at radius 1 is 1.72 bits per heavy atom. The molecule has 1 amide bonds. The van der Waals surface area contributed by atoms with Gasteiger partial charge in [0.2, 0.25) is 0 Å². The van der Waals surface area contributed by atoms with Crippen molar-refractivity contribution >= 4 is 34.6 Å². The molecule has 18 heavy (non-hydrogen) atoms. The zero-order valence-corrected chi connectivity index (χ0v) is 12.2. The Labute approximate surface area is 116 Å². The van der Waals surface area contributed by atoms with Crippen molar-refractivity contribution in [1.29, 1.82) is 0 Å². The normalized spacial score (nSPS) is 9.89. The highest BCUT2D eigenvalue weighted by molar-refractivity contribution is 7.80. The zero-order valence-electron chi connectivity index (χ0n) is 10.5. The van der Waals surface area contributed by atoms with Gasteiger partial charge in [0.1, 0.15) is 0 Å². The Bertz CT molecular complexity index is 468. The first-order valence-corrected chi connectivity index (χ1v) is 6.85. The molecule has 0 saturated heterocycles. The van der Waals surface area contributed by atoms with Gasteiger partial charge in [0.25, 0.3) is 5.91 Å². The summed E-state index contributed by atoms with van der Waals surface area (Å²) < 4.78 is 0. The third kappa shape index (κ3) is 3.30. The first kappa shape index (κ1) is 14.7. The van der Waals surface area contributed by atoms with Gasteiger partial charge in [-0.25, -0.2) is 0 Å². The lowest BCUT2D eigenvalue weighted by Crippen LogP contribution is -2.48. The van der Waals surface area contributed by atoms with Gasteiger partial charge < -0.3 is 5.73 Å². The number of nitrogens with two attached hydrogens (primary N) is 1. The van der Waals surface area contributed by atoms with Crippen molar-refractivity contribution in [2.75, 3.05) is 6.54 Å². The van der Waals surface area contributed by atoms with Crippen LogP contribution in [0.5, 0.6) is 0 Å². The first-order valence-electron chi connectivity index (χ1n) is 5.57. The van der Waals surface area contributed by atoms with Crippen molar-refractivity contribution in [3.05, 3.63) is 34.0 Å². The first-order chi connectivity index (χ1) is 8.51. The van der Waals surface area contributed by atoms with E-state index in [0.717, 1.165) is 16.9 Å². The Kier molecular flexibility index (Phi) is 5.30. The molecule has 4 nitrogen and oxygen atoms in total.